The van der Waals surface area contributed by atoms with E-state index in [2.05, 4.69) is 10.0 Å². The summed E-state index contributed by atoms with van der Waals surface area (Å²) in [6.07, 6.45) is 2.58. The molecule has 0 saturated heterocycles. The van der Waals surface area contributed by atoms with Gasteiger partial charge in [0.15, 0.2) is 0 Å². The van der Waals surface area contributed by atoms with Gasteiger partial charge >= 0.3 is 6.03 Å². The molecular formula is C30H43FN4O7S. The average molecular weight is 623 g/mol. The highest BCUT2D eigenvalue weighted by Crippen LogP contribution is 2.29. The quantitative estimate of drug-likeness (QED) is 0.422. The van der Waals surface area contributed by atoms with Crippen molar-refractivity contribution in [1.29, 1.82) is 0 Å². The van der Waals surface area contributed by atoms with Gasteiger partial charge in [0.05, 0.1) is 36.7 Å². The third-order valence-corrected chi connectivity index (χ3v) is 7.86. The Hall–Kier alpha value is -3.42. The monoisotopic (exact) mass is 622 g/mol. The summed E-state index contributed by atoms with van der Waals surface area (Å²) < 4.78 is 51.9. The van der Waals surface area contributed by atoms with Crippen molar-refractivity contribution in [2.24, 2.45) is 5.92 Å². The number of aliphatic hydroxyl groups is 1. The Bertz CT molecular complexity index is 1340. The zero-order chi connectivity index (χ0) is 31.7. The fraction of sp³-hybridized carbons (Fsp3) is 0.533. The molecule has 43 heavy (non-hydrogen) atoms. The lowest BCUT2D eigenvalue weighted by atomic mass is 10.0. The second-order valence-corrected chi connectivity index (χ2v) is 13.0. The lowest BCUT2D eigenvalue weighted by Gasteiger charge is -2.35. The highest BCUT2D eigenvalue weighted by molar-refractivity contribution is 7.92. The van der Waals surface area contributed by atoms with E-state index in [-0.39, 0.29) is 43.0 Å². The molecule has 2 aromatic carbocycles. The number of hydrogen-bond donors (Lipinski definition) is 3. The van der Waals surface area contributed by atoms with Crippen molar-refractivity contribution in [3.63, 3.8) is 0 Å². The molecule has 1 aliphatic heterocycles. The summed E-state index contributed by atoms with van der Waals surface area (Å²) in [7, 11) is -1.97. The van der Waals surface area contributed by atoms with Gasteiger partial charge in [-0.15, -0.1) is 0 Å². The number of carbonyl (C=O) groups is 2. The van der Waals surface area contributed by atoms with E-state index in [1.54, 1.807) is 26.1 Å². The van der Waals surface area contributed by atoms with E-state index in [1.165, 1.54) is 40.1 Å². The number of ether oxygens (including phenoxy) is 2. The number of anilines is 2. The van der Waals surface area contributed by atoms with Crippen molar-refractivity contribution in [3.8, 4) is 5.75 Å². The SMILES string of the molecule is C[C@@H]1CCCCO[C@@H](CN(C)C(=O)Nc2ccc(F)cc2)[C@@H](C)CN([C@H](C)CO)C(=O)c2cc(NS(C)(=O)=O)ccc2O1. The zero-order valence-corrected chi connectivity index (χ0v) is 26.2. The number of sulfonamides is 1. The summed E-state index contributed by atoms with van der Waals surface area (Å²) >= 11 is 0. The topological polar surface area (TPSA) is 138 Å². The van der Waals surface area contributed by atoms with E-state index in [4.69, 9.17) is 9.47 Å². The van der Waals surface area contributed by atoms with Crippen LogP contribution in [0, 0.1) is 11.7 Å². The van der Waals surface area contributed by atoms with Crippen molar-refractivity contribution < 1.29 is 37.0 Å². The number of rotatable bonds is 7. The van der Waals surface area contributed by atoms with Crippen LogP contribution in [0.15, 0.2) is 42.5 Å². The first-order valence-electron chi connectivity index (χ1n) is 14.4. The molecule has 0 unspecified atom stereocenters. The van der Waals surface area contributed by atoms with E-state index in [0.717, 1.165) is 19.1 Å². The smallest absolute Gasteiger partial charge is 0.321 e. The first-order chi connectivity index (χ1) is 20.3. The lowest BCUT2D eigenvalue weighted by molar-refractivity contribution is -0.0115. The normalized spacial score (nSPS) is 21.1. The Kier molecular flexibility index (Phi) is 12.2. The molecule has 0 bridgehead atoms. The van der Waals surface area contributed by atoms with Crippen LogP contribution in [-0.4, -0.2) is 93.1 Å². The first-order valence-corrected chi connectivity index (χ1v) is 16.3. The number of hydrogen-bond acceptors (Lipinski definition) is 7. The van der Waals surface area contributed by atoms with Crippen LogP contribution in [0.3, 0.4) is 0 Å². The minimum Gasteiger partial charge on any atom is -0.490 e. The molecule has 3 N–H and O–H groups in total. The van der Waals surface area contributed by atoms with Crippen LogP contribution >= 0.6 is 0 Å². The third-order valence-electron chi connectivity index (χ3n) is 7.25. The summed E-state index contributed by atoms with van der Waals surface area (Å²) in [6, 6.07) is 9.05. The summed E-state index contributed by atoms with van der Waals surface area (Å²) in [5.41, 5.74) is 0.830. The predicted octanol–water partition coefficient (Wildman–Crippen LogP) is 4.16. The molecule has 0 aromatic heterocycles. The number of fused-ring (bicyclic) bond motifs is 1. The molecule has 238 valence electrons. The second-order valence-electron chi connectivity index (χ2n) is 11.2. The standard InChI is InChI=1S/C30H43FN4O7S/c1-20-17-35(21(2)19-36)29(37)26-16-25(33-43(5,39)40)13-14-27(26)42-22(3)8-6-7-15-41-28(20)18-34(4)30(38)32-24-11-9-23(31)10-12-24/h9-14,16,20-22,28,33,36H,6-8,15,17-19H2,1-5H3,(H,32,38)/t20-,21+,22+,28-/m0/s1. The van der Waals surface area contributed by atoms with Crippen molar-refractivity contribution in [3.05, 3.63) is 53.8 Å². The largest absolute Gasteiger partial charge is 0.490 e. The van der Waals surface area contributed by atoms with E-state index in [9.17, 15) is 27.5 Å². The van der Waals surface area contributed by atoms with Crippen LogP contribution in [0.2, 0.25) is 0 Å². The summed E-state index contributed by atoms with van der Waals surface area (Å²) in [5, 5.41) is 12.8. The minimum absolute atomic E-state index is 0.165. The lowest BCUT2D eigenvalue weighted by Crippen LogP contribution is -2.48. The third kappa shape index (κ3) is 10.4. The van der Waals surface area contributed by atoms with Gasteiger partial charge in [-0.1, -0.05) is 6.92 Å². The van der Waals surface area contributed by atoms with Gasteiger partial charge in [-0.3, -0.25) is 9.52 Å². The van der Waals surface area contributed by atoms with Crippen molar-refractivity contribution >= 4 is 33.3 Å². The molecule has 1 heterocycles. The van der Waals surface area contributed by atoms with Crippen LogP contribution in [0.25, 0.3) is 0 Å². The van der Waals surface area contributed by atoms with Crippen LogP contribution in [0.4, 0.5) is 20.6 Å². The fourth-order valence-electron chi connectivity index (χ4n) is 4.77. The van der Waals surface area contributed by atoms with Gasteiger partial charge in [0.25, 0.3) is 5.91 Å². The summed E-state index contributed by atoms with van der Waals surface area (Å²) in [5.74, 6) is -0.800. The molecule has 3 rings (SSSR count). The molecule has 4 atom stereocenters. The molecule has 0 fully saturated rings. The van der Waals surface area contributed by atoms with Gasteiger partial charge in [0.1, 0.15) is 11.6 Å². The zero-order valence-electron chi connectivity index (χ0n) is 25.4. The molecule has 3 amide bonds. The van der Waals surface area contributed by atoms with Gasteiger partial charge in [0.2, 0.25) is 10.0 Å². The average Bonchev–Trinajstić information content (AvgIpc) is 2.94. The Morgan fingerprint density at radius 2 is 1.84 bits per heavy atom. The number of urea groups is 1. The number of halogens is 1. The molecule has 0 saturated carbocycles. The highest BCUT2D eigenvalue weighted by Gasteiger charge is 2.31. The number of benzene rings is 2. The van der Waals surface area contributed by atoms with Crippen LogP contribution in [0.5, 0.6) is 5.75 Å². The maximum Gasteiger partial charge on any atom is 0.321 e. The maximum absolute atomic E-state index is 14.1. The van der Waals surface area contributed by atoms with Gasteiger partial charge in [-0.05, 0) is 75.6 Å². The Morgan fingerprint density at radius 3 is 2.49 bits per heavy atom. The molecule has 0 spiro atoms. The molecule has 11 nitrogen and oxygen atoms in total. The molecular weight excluding hydrogens is 579 g/mol. The van der Waals surface area contributed by atoms with Gasteiger partial charge < -0.3 is 29.7 Å². The Labute approximate surface area is 253 Å². The van der Waals surface area contributed by atoms with Crippen molar-refractivity contribution in [1.82, 2.24) is 9.80 Å². The van der Waals surface area contributed by atoms with Crippen molar-refractivity contribution in [2.45, 2.75) is 58.3 Å². The first kappa shape index (κ1) is 34.1. The molecule has 0 radical (unpaired) electrons. The summed E-state index contributed by atoms with van der Waals surface area (Å²) in [6.45, 7) is 6.05. The number of nitrogens with zero attached hydrogens (tertiary/aromatic N) is 2. The highest BCUT2D eigenvalue weighted by atomic mass is 32.2. The molecule has 2 aromatic rings. The van der Waals surface area contributed by atoms with Gasteiger partial charge in [-0.2, -0.15) is 0 Å². The van der Waals surface area contributed by atoms with E-state index in [0.29, 0.717) is 24.5 Å². The number of likely N-dealkylation sites (N-methyl/N-ethyl adjacent to an activating group) is 1. The van der Waals surface area contributed by atoms with Crippen LogP contribution in [-0.2, 0) is 14.8 Å². The van der Waals surface area contributed by atoms with Gasteiger partial charge in [0, 0.05) is 44.0 Å². The number of aliphatic hydroxyl groups excluding tert-OH is 1. The number of nitrogens with one attached hydrogen (secondary N) is 2. The van der Waals surface area contributed by atoms with E-state index < -0.39 is 39.9 Å². The summed E-state index contributed by atoms with van der Waals surface area (Å²) in [4.78, 5) is 30.0. The van der Waals surface area contributed by atoms with E-state index >= 15 is 0 Å². The molecule has 13 heteroatoms. The van der Waals surface area contributed by atoms with E-state index in [1.807, 2.05) is 13.8 Å². The van der Waals surface area contributed by atoms with Crippen LogP contribution < -0.4 is 14.8 Å². The Balaban J connectivity index is 1.90. The predicted molar refractivity (Wildman–Crippen MR) is 163 cm³/mol. The minimum atomic E-state index is -3.60. The van der Waals surface area contributed by atoms with Crippen molar-refractivity contribution in [2.75, 3.05) is 49.6 Å². The molecule has 0 aliphatic carbocycles. The number of carbonyl (C=O) groups excluding carboxylic acids is 2. The maximum atomic E-state index is 14.1. The Morgan fingerprint density at radius 1 is 1.16 bits per heavy atom. The molecule has 1 aliphatic rings. The fourth-order valence-corrected chi connectivity index (χ4v) is 5.32. The second kappa shape index (κ2) is 15.3. The van der Waals surface area contributed by atoms with Crippen LogP contribution in [0.1, 0.15) is 50.4 Å². The number of amides is 3. The van der Waals surface area contributed by atoms with Gasteiger partial charge in [-0.25, -0.2) is 17.6 Å².